The van der Waals surface area contributed by atoms with Crippen LogP contribution in [0, 0.1) is 13.8 Å². The lowest BCUT2D eigenvalue weighted by molar-refractivity contribution is 0.238. The molecule has 0 bridgehead atoms. The molecule has 1 aliphatic rings. The zero-order valence-corrected chi connectivity index (χ0v) is 14.6. The second-order valence-corrected chi connectivity index (χ2v) is 7.70. The lowest BCUT2D eigenvalue weighted by Gasteiger charge is -2.22. The summed E-state index contributed by atoms with van der Waals surface area (Å²) in [5, 5.41) is 5.28. The van der Waals surface area contributed by atoms with Crippen LogP contribution in [0.15, 0.2) is 4.52 Å². The average Bonchev–Trinajstić information content (AvgIpc) is 3.18. The normalized spacial score (nSPS) is 17.5. The summed E-state index contributed by atoms with van der Waals surface area (Å²) in [5.41, 5.74) is 1.16. The number of rotatable bonds is 5. The summed E-state index contributed by atoms with van der Waals surface area (Å²) in [6.45, 7) is 7.06. The van der Waals surface area contributed by atoms with Gasteiger partial charge < -0.3 is 4.52 Å². The van der Waals surface area contributed by atoms with Gasteiger partial charge in [-0.05, 0) is 40.7 Å². The van der Waals surface area contributed by atoms with Gasteiger partial charge >= 0.3 is 0 Å². The van der Waals surface area contributed by atoms with Crippen LogP contribution in [-0.2, 0) is 6.54 Å². The Morgan fingerprint density at radius 1 is 1.27 bits per heavy atom. The molecule has 0 saturated heterocycles. The summed E-state index contributed by atoms with van der Waals surface area (Å²) in [6.07, 6.45) is 4.93. The van der Waals surface area contributed by atoms with Gasteiger partial charge in [0.1, 0.15) is 0 Å². The number of hydrogen-bond acceptors (Lipinski definition) is 6. The van der Waals surface area contributed by atoms with E-state index in [4.69, 9.17) is 4.52 Å². The Balaban J connectivity index is 1.66. The molecule has 2 heterocycles. The zero-order valence-electron chi connectivity index (χ0n) is 13.8. The molecule has 6 heteroatoms. The summed E-state index contributed by atoms with van der Waals surface area (Å²) in [4.78, 5) is 12.8. The van der Waals surface area contributed by atoms with Crippen molar-refractivity contribution in [1.82, 2.24) is 20.0 Å². The van der Waals surface area contributed by atoms with Crippen molar-refractivity contribution < 1.29 is 4.52 Å². The molecule has 0 amide bonds. The molecular weight excluding hydrogens is 296 g/mol. The maximum absolute atomic E-state index is 5.46. The highest BCUT2D eigenvalue weighted by atomic mass is 32.1. The first kappa shape index (κ1) is 15.6. The summed E-state index contributed by atoms with van der Waals surface area (Å²) < 4.78 is 5.46. The molecule has 1 aliphatic carbocycles. The van der Waals surface area contributed by atoms with E-state index < -0.39 is 0 Å². The summed E-state index contributed by atoms with van der Waals surface area (Å²) in [7, 11) is 2.09. The van der Waals surface area contributed by atoms with Crippen molar-refractivity contribution in [3.05, 3.63) is 27.3 Å². The van der Waals surface area contributed by atoms with Crippen molar-refractivity contribution in [2.75, 3.05) is 7.05 Å². The van der Waals surface area contributed by atoms with E-state index in [1.54, 1.807) is 11.3 Å². The Labute approximate surface area is 135 Å². The van der Waals surface area contributed by atoms with Gasteiger partial charge in [-0.2, -0.15) is 4.98 Å². The Hall–Kier alpha value is -1.27. The molecule has 0 unspecified atom stereocenters. The lowest BCUT2D eigenvalue weighted by Crippen LogP contribution is -2.23. The van der Waals surface area contributed by atoms with Crippen molar-refractivity contribution in [3.8, 4) is 0 Å². The maximum atomic E-state index is 5.46. The third-order valence-corrected chi connectivity index (χ3v) is 5.48. The second kappa shape index (κ2) is 6.46. The van der Waals surface area contributed by atoms with Gasteiger partial charge in [0.2, 0.25) is 5.89 Å². The van der Waals surface area contributed by atoms with Crippen LogP contribution in [0.25, 0.3) is 0 Å². The number of aromatic nitrogens is 3. The van der Waals surface area contributed by atoms with Gasteiger partial charge in [0, 0.05) is 10.8 Å². The van der Waals surface area contributed by atoms with Crippen LogP contribution >= 0.6 is 11.3 Å². The third kappa shape index (κ3) is 3.22. The molecule has 0 aromatic carbocycles. The molecule has 120 valence electrons. The van der Waals surface area contributed by atoms with Crippen LogP contribution in [0.2, 0.25) is 0 Å². The van der Waals surface area contributed by atoms with E-state index in [2.05, 4.69) is 47.8 Å². The number of thiazole rings is 1. The zero-order chi connectivity index (χ0) is 15.7. The van der Waals surface area contributed by atoms with Gasteiger partial charge in [-0.1, -0.05) is 18.0 Å². The molecule has 22 heavy (non-hydrogen) atoms. The first-order valence-electron chi connectivity index (χ1n) is 8.01. The van der Waals surface area contributed by atoms with Gasteiger partial charge in [0.25, 0.3) is 0 Å². The van der Waals surface area contributed by atoms with Crippen LogP contribution < -0.4 is 0 Å². The van der Waals surface area contributed by atoms with E-state index in [-0.39, 0.29) is 6.04 Å². The largest absolute Gasteiger partial charge is 0.339 e. The summed E-state index contributed by atoms with van der Waals surface area (Å²) in [6, 6.07) is 0.249. The minimum atomic E-state index is 0.249. The van der Waals surface area contributed by atoms with Gasteiger partial charge in [-0.3, -0.25) is 4.90 Å². The standard InChI is InChI=1S/C16H24N4OS/c1-10(15-11(2)22-12(3)17-15)20(4)9-14-18-16(21-19-14)13-7-5-6-8-13/h10,13H,5-9H2,1-4H3/t10-/m1/s1. The molecular formula is C16H24N4OS. The first-order valence-corrected chi connectivity index (χ1v) is 8.83. The molecule has 0 N–H and O–H groups in total. The van der Waals surface area contributed by atoms with Crippen LogP contribution in [0.1, 0.15) is 71.9 Å². The Bertz CT molecular complexity index is 630. The van der Waals surface area contributed by atoms with Crippen molar-refractivity contribution in [3.63, 3.8) is 0 Å². The predicted octanol–water partition coefficient (Wildman–Crippen LogP) is 3.99. The van der Waals surface area contributed by atoms with Gasteiger partial charge in [0.15, 0.2) is 5.82 Å². The summed E-state index contributed by atoms with van der Waals surface area (Å²) in [5.74, 6) is 2.09. The minimum Gasteiger partial charge on any atom is -0.339 e. The van der Waals surface area contributed by atoms with Crippen molar-refractivity contribution in [2.45, 2.75) is 65.0 Å². The van der Waals surface area contributed by atoms with E-state index in [9.17, 15) is 0 Å². The smallest absolute Gasteiger partial charge is 0.229 e. The molecule has 1 fully saturated rings. The third-order valence-electron chi connectivity index (χ3n) is 4.58. The molecule has 2 aromatic heterocycles. The Morgan fingerprint density at radius 3 is 2.64 bits per heavy atom. The fraction of sp³-hybridized carbons (Fsp3) is 0.688. The quantitative estimate of drug-likeness (QED) is 0.833. The van der Waals surface area contributed by atoms with E-state index >= 15 is 0 Å². The van der Waals surface area contributed by atoms with Crippen LogP contribution in [0.3, 0.4) is 0 Å². The molecule has 5 nitrogen and oxygen atoms in total. The first-order chi connectivity index (χ1) is 10.5. The van der Waals surface area contributed by atoms with Crippen LogP contribution in [-0.4, -0.2) is 27.1 Å². The fourth-order valence-electron chi connectivity index (χ4n) is 3.17. The van der Waals surface area contributed by atoms with Gasteiger partial charge in [-0.15, -0.1) is 11.3 Å². The SMILES string of the molecule is Cc1nc([C@@H](C)N(C)Cc2noc(C3CCCC3)n2)c(C)s1. The second-order valence-electron chi connectivity index (χ2n) is 6.30. The fourth-order valence-corrected chi connectivity index (χ4v) is 4.08. The summed E-state index contributed by atoms with van der Waals surface area (Å²) >= 11 is 1.75. The van der Waals surface area contributed by atoms with E-state index in [0.717, 1.165) is 22.4 Å². The molecule has 2 aromatic rings. The van der Waals surface area contributed by atoms with E-state index in [1.807, 2.05) is 0 Å². The maximum Gasteiger partial charge on any atom is 0.229 e. The molecule has 1 atom stereocenters. The predicted molar refractivity (Wildman–Crippen MR) is 87.0 cm³/mol. The highest BCUT2D eigenvalue weighted by Crippen LogP contribution is 2.33. The molecule has 3 rings (SSSR count). The average molecular weight is 320 g/mol. The number of hydrogen-bond donors (Lipinski definition) is 0. The minimum absolute atomic E-state index is 0.249. The van der Waals surface area contributed by atoms with Gasteiger partial charge in [-0.25, -0.2) is 4.98 Å². The van der Waals surface area contributed by atoms with E-state index in [1.165, 1.54) is 30.6 Å². The highest BCUT2D eigenvalue weighted by molar-refractivity contribution is 7.11. The molecule has 0 spiro atoms. The van der Waals surface area contributed by atoms with Crippen molar-refractivity contribution in [1.29, 1.82) is 0 Å². The number of nitrogens with zero attached hydrogens (tertiary/aromatic N) is 4. The molecule has 0 radical (unpaired) electrons. The molecule has 0 aliphatic heterocycles. The van der Waals surface area contributed by atoms with Crippen molar-refractivity contribution >= 4 is 11.3 Å². The van der Waals surface area contributed by atoms with Crippen LogP contribution in [0.4, 0.5) is 0 Å². The van der Waals surface area contributed by atoms with E-state index in [0.29, 0.717) is 12.5 Å². The number of aryl methyl sites for hydroxylation is 2. The van der Waals surface area contributed by atoms with Crippen LogP contribution in [0.5, 0.6) is 0 Å². The highest BCUT2D eigenvalue weighted by Gasteiger charge is 2.24. The van der Waals surface area contributed by atoms with Crippen molar-refractivity contribution in [2.24, 2.45) is 0 Å². The topological polar surface area (TPSA) is 55.1 Å². The lowest BCUT2D eigenvalue weighted by atomic mass is 10.1. The Morgan fingerprint density at radius 2 is 2.00 bits per heavy atom. The molecule has 1 saturated carbocycles. The monoisotopic (exact) mass is 320 g/mol. The Kier molecular flexibility index (Phi) is 4.59. The van der Waals surface area contributed by atoms with Gasteiger partial charge in [0.05, 0.1) is 23.3 Å².